The summed E-state index contributed by atoms with van der Waals surface area (Å²) >= 11 is 4.16. The fraction of sp³-hybridized carbons (Fsp3) is 1.00. The number of rotatable bonds is 1. The lowest BCUT2D eigenvalue weighted by Crippen LogP contribution is -2.25. The first kappa shape index (κ1) is 7.42. The molecule has 0 saturated heterocycles. The van der Waals surface area contributed by atoms with Crippen LogP contribution in [0, 0.1) is 5.92 Å². The molecule has 0 aromatic heterocycles. The van der Waals surface area contributed by atoms with Crippen molar-refractivity contribution in [2.24, 2.45) is 5.92 Å². The van der Waals surface area contributed by atoms with Crippen LogP contribution in [-0.4, -0.2) is 17.0 Å². The van der Waals surface area contributed by atoms with Gasteiger partial charge in [0.25, 0.3) is 0 Å². The molecule has 1 nitrogen and oxygen atoms in total. The standard InChI is InChI=1S/C7H14OS/c8-7-4-2-1-3-6(7)5-9/h6-9H,1-5H2. The predicted octanol–water partition coefficient (Wildman–Crippen LogP) is 1.47. The smallest absolute Gasteiger partial charge is 0.0576 e. The highest BCUT2D eigenvalue weighted by molar-refractivity contribution is 7.80. The maximum Gasteiger partial charge on any atom is 0.0576 e. The summed E-state index contributed by atoms with van der Waals surface area (Å²) in [4.78, 5) is 0. The van der Waals surface area contributed by atoms with Gasteiger partial charge in [0.15, 0.2) is 0 Å². The molecule has 1 N–H and O–H groups in total. The second-order valence-corrected chi connectivity index (χ2v) is 3.16. The van der Waals surface area contributed by atoms with Crippen molar-refractivity contribution < 1.29 is 5.11 Å². The topological polar surface area (TPSA) is 20.2 Å². The molecule has 2 atom stereocenters. The molecular formula is C7H14OS. The zero-order chi connectivity index (χ0) is 6.69. The Balaban J connectivity index is 2.30. The summed E-state index contributed by atoms with van der Waals surface area (Å²) in [7, 11) is 0. The number of hydrogen-bond donors (Lipinski definition) is 2. The SMILES string of the molecule is OC1CCCCC1CS. The van der Waals surface area contributed by atoms with E-state index in [0.717, 1.165) is 12.2 Å². The van der Waals surface area contributed by atoms with E-state index in [1.165, 1.54) is 19.3 Å². The lowest BCUT2D eigenvalue weighted by Gasteiger charge is -2.25. The van der Waals surface area contributed by atoms with Gasteiger partial charge in [-0.1, -0.05) is 12.8 Å². The van der Waals surface area contributed by atoms with Gasteiger partial charge in [-0.25, -0.2) is 0 Å². The minimum Gasteiger partial charge on any atom is -0.393 e. The Bertz CT molecular complexity index is 85.0. The first-order valence-corrected chi connectivity index (χ1v) is 4.26. The first-order valence-electron chi connectivity index (χ1n) is 3.63. The molecule has 1 rings (SSSR count). The van der Waals surface area contributed by atoms with Crippen molar-refractivity contribution in [2.75, 3.05) is 5.75 Å². The fourth-order valence-corrected chi connectivity index (χ4v) is 1.83. The summed E-state index contributed by atoms with van der Waals surface area (Å²) < 4.78 is 0. The van der Waals surface area contributed by atoms with Crippen LogP contribution in [0.15, 0.2) is 0 Å². The van der Waals surface area contributed by atoms with Gasteiger partial charge in [0, 0.05) is 0 Å². The van der Waals surface area contributed by atoms with E-state index in [4.69, 9.17) is 0 Å². The van der Waals surface area contributed by atoms with Gasteiger partial charge < -0.3 is 5.11 Å². The lowest BCUT2D eigenvalue weighted by molar-refractivity contribution is 0.0818. The Morgan fingerprint density at radius 1 is 1.33 bits per heavy atom. The monoisotopic (exact) mass is 146 g/mol. The number of hydrogen-bond acceptors (Lipinski definition) is 2. The molecule has 1 saturated carbocycles. The van der Waals surface area contributed by atoms with Gasteiger partial charge >= 0.3 is 0 Å². The molecule has 1 aliphatic carbocycles. The maximum atomic E-state index is 9.32. The minimum absolute atomic E-state index is 0.0590. The molecule has 0 heterocycles. The number of aliphatic hydroxyl groups excluding tert-OH is 1. The largest absolute Gasteiger partial charge is 0.393 e. The van der Waals surface area contributed by atoms with E-state index in [0.29, 0.717) is 5.92 Å². The van der Waals surface area contributed by atoms with E-state index in [2.05, 4.69) is 12.6 Å². The molecule has 1 fully saturated rings. The second-order valence-electron chi connectivity index (χ2n) is 2.79. The van der Waals surface area contributed by atoms with Gasteiger partial charge in [-0.3, -0.25) is 0 Å². The summed E-state index contributed by atoms with van der Waals surface area (Å²) in [6.07, 6.45) is 4.58. The Kier molecular flexibility index (Phi) is 2.86. The van der Waals surface area contributed by atoms with Crippen molar-refractivity contribution in [2.45, 2.75) is 31.8 Å². The van der Waals surface area contributed by atoms with Crippen molar-refractivity contribution in [3.63, 3.8) is 0 Å². The van der Waals surface area contributed by atoms with Crippen LogP contribution in [0.25, 0.3) is 0 Å². The Morgan fingerprint density at radius 2 is 2.00 bits per heavy atom. The molecule has 9 heavy (non-hydrogen) atoms. The minimum atomic E-state index is -0.0590. The Hall–Kier alpha value is 0.310. The van der Waals surface area contributed by atoms with Crippen molar-refractivity contribution in [3.05, 3.63) is 0 Å². The third-order valence-electron chi connectivity index (χ3n) is 2.10. The first-order chi connectivity index (χ1) is 4.34. The van der Waals surface area contributed by atoms with Gasteiger partial charge in [0.1, 0.15) is 0 Å². The van der Waals surface area contributed by atoms with Crippen LogP contribution in [0.3, 0.4) is 0 Å². The molecule has 2 heteroatoms. The van der Waals surface area contributed by atoms with Crippen LogP contribution < -0.4 is 0 Å². The summed E-state index contributed by atoms with van der Waals surface area (Å²) in [5.41, 5.74) is 0. The Labute approximate surface area is 61.9 Å². The van der Waals surface area contributed by atoms with E-state index >= 15 is 0 Å². The molecule has 0 bridgehead atoms. The third kappa shape index (κ3) is 1.87. The van der Waals surface area contributed by atoms with Crippen molar-refractivity contribution in [1.29, 1.82) is 0 Å². The average molecular weight is 146 g/mol. The summed E-state index contributed by atoms with van der Waals surface area (Å²) in [6.45, 7) is 0. The second kappa shape index (κ2) is 3.47. The molecule has 54 valence electrons. The van der Waals surface area contributed by atoms with E-state index in [-0.39, 0.29) is 6.10 Å². The van der Waals surface area contributed by atoms with Gasteiger partial charge in [-0.15, -0.1) is 0 Å². The molecule has 1 aliphatic rings. The highest BCUT2D eigenvalue weighted by Crippen LogP contribution is 2.24. The zero-order valence-electron chi connectivity index (χ0n) is 5.58. The molecule has 0 spiro atoms. The highest BCUT2D eigenvalue weighted by Gasteiger charge is 2.20. The zero-order valence-corrected chi connectivity index (χ0v) is 6.48. The molecular weight excluding hydrogens is 132 g/mol. The van der Waals surface area contributed by atoms with Crippen LogP contribution in [0.4, 0.5) is 0 Å². The summed E-state index contributed by atoms with van der Waals surface area (Å²) in [5.74, 6) is 1.32. The van der Waals surface area contributed by atoms with E-state index in [1.807, 2.05) is 0 Å². The number of thiol groups is 1. The molecule has 0 radical (unpaired) electrons. The van der Waals surface area contributed by atoms with Crippen LogP contribution in [-0.2, 0) is 0 Å². The molecule has 2 unspecified atom stereocenters. The van der Waals surface area contributed by atoms with Gasteiger partial charge in [0.2, 0.25) is 0 Å². The van der Waals surface area contributed by atoms with E-state index < -0.39 is 0 Å². The third-order valence-corrected chi connectivity index (χ3v) is 2.57. The molecule has 0 aromatic carbocycles. The van der Waals surface area contributed by atoms with Crippen molar-refractivity contribution >= 4 is 12.6 Å². The predicted molar refractivity (Wildman–Crippen MR) is 41.8 cm³/mol. The normalized spacial score (nSPS) is 36.7. The van der Waals surface area contributed by atoms with Gasteiger partial charge in [0.05, 0.1) is 6.10 Å². The molecule has 0 aromatic rings. The maximum absolute atomic E-state index is 9.32. The van der Waals surface area contributed by atoms with Crippen LogP contribution in [0.5, 0.6) is 0 Å². The van der Waals surface area contributed by atoms with Gasteiger partial charge in [-0.05, 0) is 24.5 Å². The van der Waals surface area contributed by atoms with E-state index in [9.17, 15) is 5.11 Å². The molecule has 0 aliphatic heterocycles. The summed E-state index contributed by atoms with van der Waals surface area (Å²) in [6, 6.07) is 0. The van der Waals surface area contributed by atoms with E-state index in [1.54, 1.807) is 0 Å². The lowest BCUT2D eigenvalue weighted by atomic mass is 9.88. The quantitative estimate of drug-likeness (QED) is 0.537. The van der Waals surface area contributed by atoms with Crippen LogP contribution >= 0.6 is 12.6 Å². The Morgan fingerprint density at radius 3 is 2.44 bits per heavy atom. The molecule has 0 amide bonds. The fourth-order valence-electron chi connectivity index (χ4n) is 1.40. The van der Waals surface area contributed by atoms with Gasteiger partial charge in [-0.2, -0.15) is 12.6 Å². The average Bonchev–Trinajstić information content (AvgIpc) is 1.89. The highest BCUT2D eigenvalue weighted by atomic mass is 32.1. The van der Waals surface area contributed by atoms with Crippen molar-refractivity contribution in [1.82, 2.24) is 0 Å². The van der Waals surface area contributed by atoms with Crippen LogP contribution in [0.1, 0.15) is 25.7 Å². The summed E-state index contributed by atoms with van der Waals surface area (Å²) in [5, 5.41) is 9.32. The van der Waals surface area contributed by atoms with Crippen LogP contribution in [0.2, 0.25) is 0 Å². The number of aliphatic hydroxyl groups is 1. The van der Waals surface area contributed by atoms with Crippen molar-refractivity contribution in [3.8, 4) is 0 Å².